The third-order valence-electron chi connectivity index (χ3n) is 2.15. The number of hydrogen-bond acceptors (Lipinski definition) is 3. The third-order valence-corrected chi connectivity index (χ3v) is 2.28. The van der Waals surface area contributed by atoms with Crippen molar-refractivity contribution in [2.75, 3.05) is 20.2 Å². The van der Waals surface area contributed by atoms with Gasteiger partial charge in [-0.2, -0.15) is 0 Å². The molecule has 92 valence electrons. The number of likely N-dealkylation sites (N-methyl/N-ethyl adjacent to an activating group) is 1. The second kappa shape index (κ2) is 6.20. The highest BCUT2D eigenvalue weighted by molar-refractivity contribution is 7.80. The van der Waals surface area contributed by atoms with Crippen molar-refractivity contribution < 1.29 is 9.53 Å². The lowest BCUT2D eigenvalue weighted by molar-refractivity contribution is 0.0815. The van der Waals surface area contributed by atoms with Crippen molar-refractivity contribution in [3.63, 3.8) is 0 Å². The van der Waals surface area contributed by atoms with Crippen LogP contribution in [0.2, 0.25) is 0 Å². The van der Waals surface area contributed by atoms with Crippen LogP contribution in [0.25, 0.3) is 0 Å². The minimum absolute atomic E-state index is 0.110. The molecule has 17 heavy (non-hydrogen) atoms. The van der Waals surface area contributed by atoms with Crippen molar-refractivity contribution >= 4 is 23.1 Å². The molecule has 1 amide bonds. The van der Waals surface area contributed by atoms with E-state index in [0.29, 0.717) is 17.2 Å². The Labute approximate surface area is 106 Å². The van der Waals surface area contributed by atoms with E-state index in [9.17, 15) is 4.79 Å². The van der Waals surface area contributed by atoms with E-state index in [0.717, 1.165) is 5.75 Å². The highest BCUT2D eigenvalue weighted by Gasteiger charge is 2.11. The van der Waals surface area contributed by atoms with Gasteiger partial charge in [0.05, 0.1) is 18.1 Å². The highest BCUT2D eigenvalue weighted by Crippen LogP contribution is 2.13. The fourth-order valence-electron chi connectivity index (χ4n) is 1.39. The van der Waals surface area contributed by atoms with E-state index >= 15 is 0 Å². The predicted octanol–water partition coefficient (Wildman–Crippen LogP) is 1.44. The van der Waals surface area contributed by atoms with Crippen LogP contribution in [0.1, 0.15) is 17.3 Å². The Balaban J connectivity index is 2.72. The smallest absolute Gasteiger partial charge is 0.253 e. The molecule has 2 N–H and O–H groups in total. The van der Waals surface area contributed by atoms with Crippen LogP contribution in [0.15, 0.2) is 24.3 Å². The van der Waals surface area contributed by atoms with Crippen molar-refractivity contribution in [1.82, 2.24) is 4.90 Å². The first-order chi connectivity index (χ1) is 8.04. The molecule has 0 aromatic heterocycles. The van der Waals surface area contributed by atoms with Crippen molar-refractivity contribution in [1.29, 1.82) is 0 Å². The fraction of sp³-hybridized carbons (Fsp3) is 0.333. The molecule has 4 nitrogen and oxygen atoms in total. The van der Waals surface area contributed by atoms with Gasteiger partial charge in [0.1, 0.15) is 5.75 Å². The van der Waals surface area contributed by atoms with Gasteiger partial charge in [0.25, 0.3) is 5.91 Å². The molecule has 1 rings (SSSR count). The number of ether oxygens (including phenoxy) is 1. The number of amides is 1. The lowest BCUT2D eigenvalue weighted by atomic mass is 10.2. The molecule has 0 saturated heterocycles. The third kappa shape index (κ3) is 4.03. The number of carbonyl (C=O) groups excluding carboxylic acids is 1. The zero-order valence-electron chi connectivity index (χ0n) is 9.97. The van der Waals surface area contributed by atoms with E-state index < -0.39 is 0 Å². The Hall–Kier alpha value is -1.62. The Morgan fingerprint density at radius 2 is 2.00 bits per heavy atom. The minimum atomic E-state index is -0.110. The summed E-state index contributed by atoms with van der Waals surface area (Å²) in [7, 11) is 1.66. The Bertz CT molecular complexity index is 403. The molecule has 0 aliphatic carbocycles. The van der Waals surface area contributed by atoms with Crippen LogP contribution in [-0.4, -0.2) is 36.0 Å². The van der Waals surface area contributed by atoms with Gasteiger partial charge in [0.2, 0.25) is 0 Å². The maximum absolute atomic E-state index is 11.9. The van der Waals surface area contributed by atoms with Gasteiger partial charge in [-0.3, -0.25) is 4.79 Å². The van der Waals surface area contributed by atoms with E-state index in [1.807, 2.05) is 6.92 Å². The van der Waals surface area contributed by atoms with Crippen LogP contribution < -0.4 is 10.5 Å². The zero-order chi connectivity index (χ0) is 12.8. The minimum Gasteiger partial charge on any atom is -0.494 e. The monoisotopic (exact) mass is 252 g/mol. The molecule has 0 radical (unpaired) electrons. The molecule has 0 heterocycles. The van der Waals surface area contributed by atoms with E-state index in [-0.39, 0.29) is 12.5 Å². The maximum Gasteiger partial charge on any atom is 0.253 e. The summed E-state index contributed by atoms with van der Waals surface area (Å²) in [5.74, 6) is 0.641. The van der Waals surface area contributed by atoms with Crippen LogP contribution in [0.3, 0.4) is 0 Å². The number of hydrogen-bond donors (Lipinski definition) is 1. The van der Waals surface area contributed by atoms with Gasteiger partial charge >= 0.3 is 0 Å². The Kier molecular flexibility index (Phi) is 4.90. The summed E-state index contributed by atoms with van der Waals surface area (Å²) in [4.78, 5) is 13.7. The van der Waals surface area contributed by atoms with E-state index in [1.54, 1.807) is 31.3 Å². The van der Waals surface area contributed by atoms with Crippen molar-refractivity contribution in [2.24, 2.45) is 5.73 Å². The largest absolute Gasteiger partial charge is 0.494 e. The Morgan fingerprint density at radius 1 is 1.41 bits per heavy atom. The number of benzene rings is 1. The lowest BCUT2D eigenvalue weighted by Gasteiger charge is -2.16. The molecule has 0 saturated carbocycles. The molecule has 1 aromatic rings. The van der Waals surface area contributed by atoms with Crippen molar-refractivity contribution in [3.05, 3.63) is 29.8 Å². The summed E-state index contributed by atoms with van der Waals surface area (Å²) in [6.07, 6.45) is 0. The van der Waals surface area contributed by atoms with Gasteiger partial charge in [0.15, 0.2) is 0 Å². The maximum atomic E-state index is 11.9. The summed E-state index contributed by atoms with van der Waals surface area (Å²) >= 11 is 4.76. The van der Waals surface area contributed by atoms with Crippen molar-refractivity contribution in [2.45, 2.75) is 6.92 Å². The molecule has 5 heteroatoms. The second-order valence-electron chi connectivity index (χ2n) is 3.58. The molecule has 0 unspecified atom stereocenters. The van der Waals surface area contributed by atoms with E-state index in [2.05, 4.69) is 0 Å². The van der Waals surface area contributed by atoms with Crippen LogP contribution in [0, 0.1) is 0 Å². The van der Waals surface area contributed by atoms with Crippen molar-refractivity contribution in [3.8, 4) is 5.75 Å². The van der Waals surface area contributed by atoms with Gasteiger partial charge in [-0.25, -0.2) is 0 Å². The lowest BCUT2D eigenvalue weighted by Crippen LogP contribution is -2.34. The summed E-state index contributed by atoms with van der Waals surface area (Å²) in [5, 5.41) is 0. The summed E-state index contributed by atoms with van der Waals surface area (Å²) < 4.78 is 5.30. The normalized spacial score (nSPS) is 9.76. The number of nitrogens with two attached hydrogens (primary N) is 1. The Morgan fingerprint density at radius 3 is 2.47 bits per heavy atom. The number of thiocarbonyl (C=S) groups is 1. The quantitative estimate of drug-likeness (QED) is 0.806. The predicted molar refractivity (Wildman–Crippen MR) is 71.4 cm³/mol. The average molecular weight is 252 g/mol. The van der Waals surface area contributed by atoms with Gasteiger partial charge in [-0.05, 0) is 31.2 Å². The van der Waals surface area contributed by atoms with Crippen LogP contribution >= 0.6 is 12.2 Å². The molecule has 0 bridgehead atoms. The molecular formula is C12H16N2O2S. The number of nitrogens with zero attached hydrogens (tertiary/aromatic N) is 1. The van der Waals surface area contributed by atoms with E-state index in [4.69, 9.17) is 22.7 Å². The summed E-state index contributed by atoms with van der Waals surface area (Å²) in [6.45, 7) is 2.80. The van der Waals surface area contributed by atoms with Gasteiger partial charge in [0, 0.05) is 12.6 Å². The van der Waals surface area contributed by atoms with Gasteiger partial charge < -0.3 is 15.4 Å². The van der Waals surface area contributed by atoms with Gasteiger partial charge in [-0.1, -0.05) is 12.2 Å². The molecule has 0 atom stereocenters. The molecular weight excluding hydrogens is 236 g/mol. The fourth-order valence-corrected chi connectivity index (χ4v) is 1.58. The average Bonchev–Trinajstić information content (AvgIpc) is 2.28. The molecule has 0 spiro atoms. The topological polar surface area (TPSA) is 55.6 Å². The van der Waals surface area contributed by atoms with Gasteiger partial charge in [-0.15, -0.1) is 0 Å². The number of carbonyl (C=O) groups is 1. The summed E-state index contributed by atoms with van der Waals surface area (Å²) in [5.41, 5.74) is 5.98. The van der Waals surface area contributed by atoms with E-state index in [1.165, 1.54) is 4.90 Å². The first-order valence-corrected chi connectivity index (χ1v) is 5.72. The first-order valence-electron chi connectivity index (χ1n) is 5.31. The first kappa shape index (κ1) is 13.4. The number of rotatable bonds is 5. The molecule has 1 aromatic carbocycles. The SMILES string of the molecule is CCOc1ccc(C(=O)N(C)CC(N)=S)cc1. The molecule has 0 aliphatic heterocycles. The highest BCUT2D eigenvalue weighted by atomic mass is 32.1. The van der Waals surface area contributed by atoms with Crippen LogP contribution in [0.4, 0.5) is 0 Å². The zero-order valence-corrected chi connectivity index (χ0v) is 10.8. The second-order valence-corrected chi connectivity index (χ2v) is 4.11. The molecule has 0 fully saturated rings. The van der Waals surface area contributed by atoms with Crippen LogP contribution in [0.5, 0.6) is 5.75 Å². The summed E-state index contributed by atoms with van der Waals surface area (Å²) in [6, 6.07) is 6.99. The molecule has 0 aliphatic rings. The van der Waals surface area contributed by atoms with Crippen LogP contribution in [-0.2, 0) is 0 Å². The standard InChI is InChI=1S/C12H16N2O2S/c1-3-16-10-6-4-9(5-7-10)12(15)14(2)8-11(13)17/h4-7H,3,8H2,1-2H3,(H2,13,17).